The van der Waals surface area contributed by atoms with Crippen LogP contribution in [0.3, 0.4) is 0 Å². The summed E-state index contributed by atoms with van der Waals surface area (Å²) in [6.07, 6.45) is 0. The molecule has 0 bridgehead atoms. The van der Waals surface area contributed by atoms with Crippen LogP contribution < -0.4 is 0 Å². The fraction of sp³-hybridized carbons (Fsp3) is 0. The maximum atomic E-state index is 5.44. The molecule has 602 valence electrons. The largest absolute Gasteiger partial charge is 0.291 e. The van der Waals surface area contributed by atoms with Gasteiger partial charge in [0.05, 0.1) is 59.9 Å². The van der Waals surface area contributed by atoms with Crippen molar-refractivity contribution in [2.75, 3.05) is 0 Å². The summed E-state index contributed by atoms with van der Waals surface area (Å²) in [5.74, 6) is 0. The number of pyridine rings is 3. The lowest BCUT2D eigenvalue weighted by molar-refractivity contribution is 1.32. The van der Waals surface area contributed by atoms with Gasteiger partial charge in [-0.25, -0.2) is 19.9 Å². The predicted molar refractivity (Wildman–Crippen MR) is 551 cm³/mol. The van der Waals surface area contributed by atoms with Crippen molar-refractivity contribution < 1.29 is 0 Å². The van der Waals surface area contributed by atoms with Gasteiger partial charge in [0, 0.05) is 70.2 Å². The van der Waals surface area contributed by atoms with E-state index in [9.17, 15) is 0 Å². The number of nitrogens with zero attached hydrogens (tertiary/aromatic N) is 7. The zero-order valence-electron chi connectivity index (χ0n) is 70.2. The van der Waals surface area contributed by atoms with E-state index < -0.39 is 0 Å². The summed E-state index contributed by atoms with van der Waals surface area (Å²) in [7, 11) is 0. The number of thiazole rings is 1. The molecule has 0 amide bonds. The van der Waals surface area contributed by atoms with Crippen LogP contribution in [0.5, 0.6) is 0 Å². The molecule has 0 spiro atoms. The lowest BCUT2D eigenvalue weighted by Crippen LogP contribution is -1.93. The van der Waals surface area contributed by atoms with Crippen molar-refractivity contribution in [2.45, 2.75) is 0 Å². The van der Waals surface area contributed by atoms with Crippen LogP contribution in [0.15, 0.2) is 443 Å². The van der Waals surface area contributed by atoms with Crippen LogP contribution in [-0.2, 0) is 0 Å². The molecular weight excluding hydrogens is 1600 g/mol. The molecule has 0 unspecified atom stereocenters. The Kier molecular flexibility index (Phi) is 16.5. The molecule has 29 rings (SSSR count). The second-order valence-electron chi connectivity index (χ2n) is 34.2. The number of rotatable bonds is 6. The van der Waals surface area contributed by atoms with Gasteiger partial charge < -0.3 is 0 Å². The molecule has 0 aliphatic rings. The van der Waals surface area contributed by atoms with Gasteiger partial charge in [0.2, 0.25) is 0 Å². The molecule has 0 atom stereocenters. The zero-order chi connectivity index (χ0) is 85.2. The van der Waals surface area contributed by atoms with Crippen LogP contribution in [0, 0.1) is 0 Å². The minimum Gasteiger partial charge on any atom is -0.291 e. The molecule has 29 aromatic rings. The first kappa shape index (κ1) is 73.3. The van der Waals surface area contributed by atoms with E-state index in [0.717, 1.165) is 65.9 Å². The van der Waals surface area contributed by atoms with Crippen molar-refractivity contribution in [3.05, 3.63) is 443 Å². The zero-order valence-corrected chi connectivity index (χ0v) is 71.0. The molecule has 130 heavy (non-hydrogen) atoms. The van der Waals surface area contributed by atoms with E-state index in [4.69, 9.17) is 19.9 Å². The second-order valence-corrected chi connectivity index (χ2v) is 35.2. The summed E-state index contributed by atoms with van der Waals surface area (Å²) >= 11 is 1.74. The van der Waals surface area contributed by atoms with Crippen molar-refractivity contribution in [3.8, 4) is 66.2 Å². The average molecular weight is 1670 g/mol. The van der Waals surface area contributed by atoms with Gasteiger partial charge in [-0.1, -0.05) is 388 Å². The van der Waals surface area contributed by atoms with Crippen LogP contribution >= 0.6 is 11.3 Å². The fourth-order valence-corrected chi connectivity index (χ4v) is 22.0. The Bertz CT molecular complexity index is 9780. The minimum absolute atomic E-state index is 0.989. The lowest BCUT2D eigenvalue weighted by Gasteiger charge is -2.13. The third kappa shape index (κ3) is 11.5. The van der Waals surface area contributed by atoms with Crippen molar-refractivity contribution in [3.63, 3.8) is 0 Å². The molecule has 0 fully saturated rings. The van der Waals surface area contributed by atoms with Gasteiger partial charge in [-0.05, 0) is 169 Å². The Balaban J connectivity index is 0.000000100. The van der Waals surface area contributed by atoms with Crippen molar-refractivity contribution >= 4 is 212 Å². The van der Waals surface area contributed by atoms with Gasteiger partial charge in [0.15, 0.2) is 0 Å². The summed E-state index contributed by atoms with van der Waals surface area (Å²) in [6, 6.07) is 160. The molecule has 0 N–H and O–H groups in total. The summed E-state index contributed by atoms with van der Waals surface area (Å²) in [4.78, 5) is 21.0. The molecule has 7 nitrogen and oxygen atoms in total. The van der Waals surface area contributed by atoms with E-state index in [1.54, 1.807) is 11.3 Å². The van der Waals surface area contributed by atoms with Gasteiger partial charge in [-0.3, -0.25) is 13.2 Å². The van der Waals surface area contributed by atoms with Crippen LogP contribution in [0.2, 0.25) is 0 Å². The topological polar surface area (TPSA) is 64.8 Å². The van der Waals surface area contributed by atoms with E-state index in [1.165, 1.54) is 201 Å². The average Bonchev–Trinajstić information content (AvgIpc) is 1.54. The monoisotopic (exact) mass is 1670 g/mol. The first-order valence-electron chi connectivity index (χ1n) is 44.4. The van der Waals surface area contributed by atoms with Gasteiger partial charge >= 0.3 is 0 Å². The number of para-hydroxylation sites is 2. The minimum atomic E-state index is 0.989. The Morgan fingerprint density at radius 3 is 0.900 bits per heavy atom. The van der Waals surface area contributed by atoms with E-state index in [-0.39, 0.29) is 0 Å². The van der Waals surface area contributed by atoms with E-state index in [2.05, 4.69) is 450 Å². The first-order chi connectivity index (χ1) is 64.5. The van der Waals surface area contributed by atoms with Gasteiger partial charge in [-0.2, -0.15) is 0 Å². The summed E-state index contributed by atoms with van der Waals surface area (Å²) < 4.78 is 8.39. The summed E-state index contributed by atoms with van der Waals surface area (Å²) in [5.41, 5.74) is 27.5. The molecule has 7 heterocycles. The smallest absolute Gasteiger partial charge is 0.146 e. The van der Waals surface area contributed by atoms with Crippen molar-refractivity contribution in [2.24, 2.45) is 0 Å². The van der Waals surface area contributed by atoms with Crippen molar-refractivity contribution in [1.82, 2.24) is 33.1 Å². The number of benzene rings is 22. The standard InChI is InChI=1S/C43H26N2.C40H23N3S.C39H24N2/c1-2-10-30-25-31(22-21-27(30)9-1)28-17-19-29(20-18-28)32-23-24-40-39(26-32)35-13-5-8-16-38(35)43-44-41-36-14-6-3-11-33(36)34-12-4-7-15-37(34)42(41)45(40)43;1-3-12-31-27(9-1)28-10-2-4-13-32(28)38-37(31)42-39-33-23-26(21-22-29(33)30-11-5-7-15-35(30)43(38)39)24-17-19-25(20-18-24)40-41-34-14-6-8-16-36(34)44-40;1-2-10-25(11-3-1)26-18-20-27(21-19-26)28-22-23-36-35(24-28)31-14-6-9-17-34(31)39-40-37-32-15-7-4-12-29(32)30-13-5-8-16-33(30)38(37)41(36)39/h1-26H;1-23H;1-24H. The highest BCUT2D eigenvalue weighted by Gasteiger charge is 2.25. The Morgan fingerprint density at radius 2 is 0.446 bits per heavy atom. The van der Waals surface area contributed by atoms with Gasteiger partial charge in [0.25, 0.3) is 0 Å². The highest BCUT2D eigenvalue weighted by molar-refractivity contribution is 7.21. The Labute approximate surface area is 748 Å². The SMILES string of the molecule is c1ccc(-c2ccc(-c3ccc4c(c3)c3ccccc3c3nc5c6ccccc6c6ccccc6c5n43)cc2)cc1.c1ccc2cc(-c3ccc(-c4ccc5c(c4)c4ccccc4c4nc6c7ccccc7c7ccccc7c6n54)cc3)ccc2c1.c1ccc2sc(-c3ccc(-c4ccc5c6ccccc6n6c(nc7c8ccccc8c8ccccc8c76)c5c4)cc3)nc2c1. The molecule has 22 aromatic carbocycles. The van der Waals surface area contributed by atoms with Crippen LogP contribution in [0.25, 0.3) is 267 Å². The maximum Gasteiger partial charge on any atom is 0.146 e. The number of hydrogen-bond donors (Lipinski definition) is 0. The molecule has 0 aliphatic heterocycles. The molecular formula is C122H73N7S. The highest BCUT2D eigenvalue weighted by atomic mass is 32.1. The molecule has 0 saturated carbocycles. The first-order valence-corrected chi connectivity index (χ1v) is 45.2. The maximum absolute atomic E-state index is 5.44. The normalized spacial score (nSPS) is 12.0. The number of aromatic nitrogens is 7. The summed E-state index contributed by atoms with van der Waals surface area (Å²) in [5, 5.41) is 29.1. The number of hydrogen-bond acceptors (Lipinski definition) is 5. The third-order valence-electron chi connectivity index (χ3n) is 27.1. The van der Waals surface area contributed by atoms with Crippen LogP contribution in [0.1, 0.15) is 0 Å². The molecule has 0 radical (unpaired) electrons. The van der Waals surface area contributed by atoms with E-state index in [0.29, 0.717) is 0 Å². The quantitative estimate of drug-likeness (QED) is 0.156. The van der Waals surface area contributed by atoms with E-state index >= 15 is 0 Å². The predicted octanol–water partition coefficient (Wildman–Crippen LogP) is 33.1. The molecule has 0 saturated heterocycles. The highest BCUT2D eigenvalue weighted by Crippen LogP contribution is 2.47. The van der Waals surface area contributed by atoms with Crippen LogP contribution in [0.4, 0.5) is 0 Å². The molecule has 7 aromatic heterocycles. The van der Waals surface area contributed by atoms with Gasteiger partial charge in [-0.15, -0.1) is 11.3 Å². The summed E-state index contributed by atoms with van der Waals surface area (Å²) in [6.45, 7) is 0. The fourth-order valence-electron chi connectivity index (χ4n) is 21.0. The van der Waals surface area contributed by atoms with Gasteiger partial charge in [0.1, 0.15) is 21.9 Å². The third-order valence-corrected chi connectivity index (χ3v) is 28.2. The second kappa shape index (κ2) is 29.3. The van der Waals surface area contributed by atoms with Crippen LogP contribution in [-0.4, -0.2) is 33.1 Å². The molecule has 8 heteroatoms. The number of imidazole rings is 3. The molecule has 0 aliphatic carbocycles. The lowest BCUT2D eigenvalue weighted by atomic mass is 9.96. The van der Waals surface area contributed by atoms with Crippen molar-refractivity contribution in [1.29, 1.82) is 0 Å². The van der Waals surface area contributed by atoms with E-state index in [1.807, 2.05) is 6.07 Å². The Hall–Kier alpha value is -17.0. The Morgan fingerprint density at radius 1 is 0.162 bits per heavy atom. The number of fused-ring (bicyclic) bond motifs is 41.